The van der Waals surface area contributed by atoms with Crippen LogP contribution in [0.1, 0.15) is 18.1 Å². The molecule has 4 heteroatoms. The summed E-state index contributed by atoms with van der Waals surface area (Å²) in [5.41, 5.74) is 4.03. The van der Waals surface area contributed by atoms with Gasteiger partial charge >= 0.3 is 0 Å². The molecule has 1 fully saturated rings. The molecule has 1 amide bonds. The van der Waals surface area contributed by atoms with Crippen LogP contribution in [0.15, 0.2) is 18.2 Å². The maximum atomic E-state index is 11.1. The summed E-state index contributed by atoms with van der Waals surface area (Å²) in [7, 11) is 0. The van der Waals surface area contributed by atoms with Crippen molar-refractivity contribution >= 4 is 11.6 Å². The first-order chi connectivity index (χ1) is 9.22. The number of nitrogens with one attached hydrogen (secondary N) is 1. The molecule has 0 radical (unpaired) electrons. The third-order valence-corrected chi connectivity index (χ3v) is 3.91. The van der Waals surface area contributed by atoms with Gasteiger partial charge in [0.05, 0.1) is 13.2 Å². The summed E-state index contributed by atoms with van der Waals surface area (Å²) in [6.45, 7) is 5.14. The quantitative estimate of drug-likeness (QED) is 0.866. The zero-order valence-corrected chi connectivity index (χ0v) is 11.3. The van der Waals surface area contributed by atoms with E-state index in [4.69, 9.17) is 4.74 Å². The van der Waals surface area contributed by atoms with Crippen LogP contribution in [0.2, 0.25) is 0 Å². The van der Waals surface area contributed by atoms with Gasteiger partial charge in [-0.05, 0) is 36.1 Å². The topological polar surface area (TPSA) is 41.6 Å². The van der Waals surface area contributed by atoms with Gasteiger partial charge in [-0.25, -0.2) is 0 Å². The lowest BCUT2D eigenvalue weighted by Gasteiger charge is -2.29. The van der Waals surface area contributed by atoms with E-state index < -0.39 is 0 Å². The molecule has 0 spiro atoms. The Hall–Kier alpha value is -1.55. The SMILES string of the molecule is CC(=O)NC1Cc2ccc(N3CCOCC3)cc2C1. The van der Waals surface area contributed by atoms with Crippen LogP contribution in [0.25, 0.3) is 0 Å². The fourth-order valence-electron chi connectivity index (χ4n) is 3.01. The first kappa shape index (κ1) is 12.5. The Morgan fingerprint density at radius 1 is 1.26 bits per heavy atom. The fraction of sp³-hybridized carbons (Fsp3) is 0.533. The highest BCUT2D eigenvalue weighted by Crippen LogP contribution is 2.27. The smallest absolute Gasteiger partial charge is 0.217 e. The predicted molar refractivity (Wildman–Crippen MR) is 74.5 cm³/mol. The van der Waals surface area contributed by atoms with E-state index in [1.807, 2.05) is 0 Å². The second-order valence-corrected chi connectivity index (χ2v) is 5.36. The van der Waals surface area contributed by atoms with Gasteiger partial charge < -0.3 is 15.0 Å². The maximum absolute atomic E-state index is 11.1. The maximum Gasteiger partial charge on any atom is 0.217 e. The molecule has 1 N–H and O–H groups in total. The Balaban J connectivity index is 1.73. The first-order valence-electron chi connectivity index (χ1n) is 6.94. The molecule has 102 valence electrons. The number of anilines is 1. The summed E-state index contributed by atoms with van der Waals surface area (Å²) in [6.07, 6.45) is 1.91. The minimum atomic E-state index is 0.0613. The molecule has 19 heavy (non-hydrogen) atoms. The Kier molecular flexibility index (Phi) is 3.42. The van der Waals surface area contributed by atoms with Gasteiger partial charge in [0.2, 0.25) is 5.91 Å². The summed E-state index contributed by atoms with van der Waals surface area (Å²) in [6, 6.07) is 6.96. The number of rotatable bonds is 2. The molecule has 2 aliphatic rings. The highest BCUT2D eigenvalue weighted by Gasteiger charge is 2.23. The molecule has 1 aromatic rings. The number of hydrogen-bond donors (Lipinski definition) is 1. The Bertz CT molecular complexity index is 481. The summed E-state index contributed by atoms with van der Waals surface area (Å²) >= 11 is 0. The van der Waals surface area contributed by atoms with Gasteiger partial charge in [-0.15, -0.1) is 0 Å². The summed E-state index contributed by atoms with van der Waals surface area (Å²) in [5, 5.41) is 3.02. The van der Waals surface area contributed by atoms with Crippen LogP contribution in [-0.4, -0.2) is 38.3 Å². The first-order valence-corrected chi connectivity index (χ1v) is 6.94. The van der Waals surface area contributed by atoms with Crippen LogP contribution < -0.4 is 10.2 Å². The molecule has 4 nitrogen and oxygen atoms in total. The van der Waals surface area contributed by atoms with E-state index in [1.165, 1.54) is 16.8 Å². The number of carbonyl (C=O) groups is 1. The minimum Gasteiger partial charge on any atom is -0.378 e. The number of fused-ring (bicyclic) bond motifs is 1. The van der Waals surface area contributed by atoms with E-state index in [0.717, 1.165) is 39.1 Å². The average Bonchev–Trinajstić information content (AvgIpc) is 2.79. The Morgan fingerprint density at radius 3 is 2.74 bits per heavy atom. The summed E-state index contributed by atoms with van der Waals surface area (Å²) < 4.78 is 5.39. The van der Waals surface area contributed by atoms with E-state index in [0.29, 0.717) is 0 Å². The van der Waals surface area contributed by atoms with Gasteiger partial charge in [0.1, 0.15) is 0 Å². The van der Waals surface area contributed by atoms with E-state index in [1.54, 1.807) is 6.92 Å². The normalized spacial score (nSPS) is 22.2. The molecule has 1 heterocycles. The van der Waals surface area contributed by atoms with Crippen molar-refractivity contribution in [3.8, 4) is 0 Å². The van der Waals surface area contributed by atoms with Crippen molar-refractivity contribution in [1.29, 1.82) is 0 Å². The number of amides is 1. The Labute approximate surface area is 113 Å². The molecule has 3 rings (SSSR count). The molecule has 0 saturated carbocycles. The third kappa shape index (κ3) is 2.73. The van der Waals surface area contributed by atoms with Crippen LogP contribution in [0.4, 0.5) is 5.69 Å². The number of nitrogens with zero attached hydrogens (tertiary/aromatic N) is 1. The van der Waals surface area contributed by atoms with E-state index >= 15 is 0 Å². The summed E-state index contributed by atoms with van der Waals surface area (Å²) in [5.74, 6) is 0.0613. The van der Waals surface area contributed by atoms with Gasteiger partial charge in [-0.2, -0.15) is 0 Å². The molecule has 1 aliphatic carbocycles. The zero-order valence-electron chi connectivity index (χ0n) is 11.3. The third-order valence-electron chi connectivity index (χ3n) is 3.91. The van der Waals surface area contributed by atoms with Crippen LogP contribution in [-0.2, 0) is 22.4 Å². The lowest BCUT2D eigenvalue weighted by molar-refractivity contribution is -0.119. The van der Waals surface area contributed by atoms with E-state index in [-0.39, 0.29) is 11.9 Å². The highest BCUT2D eigenvalue weighted by molar-refractivity contribution is 5.73. The van der Waals surface area contributed by atoms with Gasteiger partial charge in [0.15, 0.2) is 0 Å². The standard InChI is InChI=1S/C15H20N2O2/c1-11(18)16-14-8-12-2-3-15(10-13(12)9-14)17-4-6-19-7-5-17/h2-3,10,14H,4-9H2,1H3,(H,16,18). The average molecular weight is 260 g/mol. The molecule has 1 aromatic carbocycles. The lowest BCUT2D eigenvalue weighted by atomic mass is 10.1. The Morgan fingerprint density at radius 2 is 2.00 bits per heavy atom. The predicted octanol–water partition coefficient (Wildman–Crippen LogP) is 1.13. The van der Waals surface area contributed by atoms with Crippen LogP contribution in [0.3, 0.4) is 0 Å². The molecule has 0 aromatic heterocycles. The molecular formula is C15H20N2O2. The van der Waals surface area contributed by atoms with Crippen molar-refractivity contribution in [3.63, 3.8) is 0 Å². The van der Waals surface area contributed by atoms with Crippen molar-refractivity contribution in [2.75, 3.05) is 31.2 Å². The van der Waals surface area contributed by atoms with Gasteiger partial charge in [0.25, 0.3) is 0 Å². The second kappa shape index (κ2) is 5.21. The molecule has 1 saturated heterocycles. The largest absolute Gasteiger partial charge is 0.378 e. The molecule has 1 atom stereocenters. The van der Waals surface area contributed by atoms with Crippen molar-refractivity contribution in [3.05, 3.63) is 29.3 Å². The monoisotopic (exact) mass is 260 g/mol. The van der Waals surface area contributed by atoms with Crippen LogP contribution >= 0.6 is 0 Å². The molecule has 1 aliphatic heterocycles. The van der Waals surface area contributed by atoms with Crippen molar-refractivity contribution in [2.24, 2.45) is 0 Å². The zero-order chi connectivity index (χ0) is 13.2. The van der Waals surface area contributed by atoms with E-state index in [2.05, 4.69) is 28.4 Å². The molecular weight excluding hydrogens is 240 g/mol. The number of morpholine rings is 1. The molecule has 1 unspecified atom stereocenters. The molecule has 0 bridgehead atoms. The summed E-state index contributed by atoms with van der Waals surface area (Å²) in [4.78, 5) is 13.5. The lowest BCUT2D eigenvalue weighted by Crippen LogP contribution is -2.36. The van der Waals surface area contributed by atoms with Gasteiger partial charge in [0, 0.05) is 31.7 Å². The number of carbonyl (C=O) groups excluding carboxylic acids is 1. The van der Waals surface area contributed by atoms with Crippen LogP contribution in [0, 0.1) is 0 Å². The second-order valence-electron chi connectivity index (χ2n) is 5.36. The fourth-order valence-corrected chi connectivity index (χ4v) is 3.01. The van der Waals surface area contributed by atoms with Crippen molar-refractivity contribution in [2.45, 2.75) is 25.8 Å². The van der Waals surface area contributed by atoms with Crippen molar-refractivity contribution < 1.29 is 9.53 Å². The number of hydrogen-bond acceptors (Lipinski definition) is 3. The van der Waals surface area contributed by atoms with Gasteiger partial charge in [-0.1, -0.05) is 6.07 Å². The van der Waals surface area contributed by atoms with Crippen molar-refractivity contribution in [1.82, 2.24) is 5.32 Å². The number of ether oxygens (including phenoxy) is 1. The minimum absolute atomic E-state index is 0.0613. The van der Waals surface area contributed by atoms with Crippen LogP contribution in [0.5, 0.6) is 0 Å². The highest BCUT2D eigenvalue weighted by atomic mass is 16.5. The van der Waals surface area contributed by atoms with E-state index in [9.17, 15) is 4.79 Å². The van der Waals surface area contributed by atoms with Gasteiger partial charge in [-0.3, -0.25) is 4.79 Å². The number of benzene rings is 1.